The van der Waals surface area contributed by atoms with Crippen molar-refractivity contribution in [2.24, 2.45) is 0 Å². The number of halogens is 2. The molecule has 24 heavy (non-hydrogen) atoms. The van der Waals surface area contributed by atoms with Crippen molar-refractivity contribution in [3.05, 3.63) is 63.1 Å². The maximum absolute atomic E-state index is 12.9. The summed E-state index contributed by atoms with van der Waals surface area (Å²) in [5.41, 5.74) is 3.40. The zero-order valence-corrected chi connectivity index (χ0v) is 14.8. The Balaban J connectivity index is 2.02. The van der Waals surface area contributed by atoms with E-state index in [1.165, 1.54) is 6.92 Å². The largest absolute Gasteiger partial charge is 0.341 e. The molecule has 1 atom stereocenters. The molecule has 1 aliphatic rings. The minimum atomic E-state index is -0.663. The Morgan fingerprint density at radius 1 is 1.25 bits per heavy atom. The van der Waals surface area contributed by atoms with Crippen LogP contribution in [0.1, 0.15) is 29.7 Å². The van der Waals surface area contributed by atoms with E-state index in [2.05, 4.69) is 5.32 Å². The number of anilines is 1. The zero-order valence-electron chi connectivity index (χ0n) is 13.3. The van der Waals surface area contributed by atoms with Gasteiger partial charge in [0.1, 0.15) is 6.04 Å². The van der Waals surface area contributed by atoms with E-state index in [0.717, 1.165) is 22.4 Å². The first-order valence-electron chi connectivity index (χ1n) is 7.50. The normalized spacial score (nSPS) is 16.2. The Labute approximate surface area is 150 Å². The third-order valence-electron chi connectivity index (χ3n) is 4.05. The van der Waals surface area contributed by atoms with Gasteiger partial charge in [-0.25, -0.2) is 0 Å². The molecule has 4 nitrogen and oxygen atoms in total. The molecule has 124 valence electrons. The van der Waals surface area contributed by atoms with Crippen molar-refractivity contribution < 1.29 is 9.59 Å². The summed E-state index contributed by atoms with van der Waals surface area (Å²) in [6.45, 7) is 3.67. The fourth-order valence-corrected chi connectivity index (χ4v) is 3.47. The van der Waals surface area contributed by atoms with Crippen molar-refractivity contribution in [1.29, 1.82) is 0 Å². The van der Waals surface area contributed by atoms with E-state index < -0.39 is 6.04 Å². The molecule has 0 unspecified atom stereocenters. The summed E-state index contributed by atoms with van der Waals surface area (Å²) in [7, 11) is 0. The molecular weight excluding hydrogens is 347 g/mol. The van der Waals surface area contributed by atoms with Crippen molar-refractivity contribution in [3.63, 3.8) is 0 Å². The molecule has 0 bridgehead atoms. The summed E-state index contributed by atoms with van der Waals surface area (Å²) in [6, 6.07) is 10.2. The fraction of sp³-hybridized carbons (Fsp3) is 0.222. The molecule has 3 rings (SSSR count). The van der Waals surface area contributed by atoms with Gasteiger partial charge in [-0.3, -0.25) is 9.59 Å². The highest BCUT2D eigenvalue weighted by Gasteiger charge is 2.38. The highest BCUT2D eigenvalue weighted by atomic mass is 35.5. The van der Waals surface area contributed by atoms with Crippen LogP contribution in [0.5, 0.6) is 0 Å². The summed E-state index contributed by atoms with van der Waals surface area (Å²) in [5, 5.41) is 3.78. The number of nitrogens with zero attached hydrogens (tertiary/aromatic N) is 1. The molecule has 0 aliphatic carbocycles. The lowest BCUT2D eigenvalue weighted by Crippen LogP contribution is -2.36. The van der Waals surface area contributed by atoms with Crippen LogP contribution in [-0.2, 0) is 16.1 Å². The molecule has 2 aromatic rings. The Morgan fingerprint density at radius 2 is 2.00 bits per heavy atom. The fourth-order valence-electron chi connectivity index (χ4n) is 3.00. The molecule has 0 spiro atoms. The van der Waals surface area contributed by atoms with E-state index in [1.54, 1.807) is 17.0 Å². The van der Waals surface area contributed by atoms with Crippen LogP contribution in [0.2, 0.25) is 10.0 Å². The van der Waals surface area contributed by atoms with Gasteiger partial charge in [0.2, 0.25) is 5.91 Å². The number of aryl methyl sites for hydroxylation is 1. The van der Waals surface area contributed by atoms with Crippen LogP contribution in [0.3, 0.4) is 0 Å². The maximum Gasteiger partial charge on any atom is 0.254 e. The van der Waals surface area contributed by atoms with Gasteiger partial charge in [0.05, 0.1) is 12.2 Å². The first-order valence-corrected chi connectivity index (χ1v) is 8.26. The predicted molar refractivity (Wildman–Crippen MR) is 95.4 cm³/mol. The Bertz CT molecular complexity index is 836. The lowest BCUT2D eigenvalue weighted by molar-refractivity contribution is -0.126. The Morgan fingerprint density at radius 3 is 2.67 bits per heavy atom. The van der Waals surface area contributed by atoms with Crippen molar-refractivity contribution in [2.45, 2.75) is 26.4 Å². The minimum absolute atomic E-state index is 0.166. The topological polar surface area (TPSA) is 49.4 Å². The smallest absolute Gasteiger partial charge is 0.254 e. The number of para-hydroxylation sites is 1. The highest BCUT2D eigenvalue weighted by Crippen LogP contribution is 2.40. The van der Waals surface area contributed by atoms with Crippen LogP contribution in [0.25, 0.3) is 0 Å². The quantitative estimate of drug-likeness (QED) is 0.895. The van der Waals surface area contributed by atoms with Crippen LogP contribution in [0.4, 0.5) is 5.69 Å². The van der Waals surface area contributed by atoms with Gasteiger partial charge >= 0.3 is 0 Å². The number of hydrogen-bond donors (Lipinski definition) is 1. The molecule has 0 saturated carbocycles. The number of amides is 2. The molecule has 0 saturated heterocycles. The highest BCUT2D eigenvalue weighted by molar-refractivity contribution is 6.35. The summed E-state index contributed by atoms with van der Waals surface area (Å²) >= 11 is 12.2. The lowest BCUT2D eigenvalue weighted by Gasteiger charge is -2.20. The van der Waals surface area contributed by atoms with E-state index in [4.69, 9.17) is 23.2 Å². The molecule has 0 aromatic heterocycles. The van der Waals surface area contributed by atoms with Crippen LogP contribution in [0, 0.1) is 6.92 Å². The first-order chi connectivity index (χ1) is 11.4. The Kier molecular flexibility index (Phi) is 4.52. The number of rotatable bonds is 3. The van der Waals surface area contributed by atoms with Crippen LogP contribution in [-0.4, -0.2) is 11.8 Å². The molecule has 1 N–H and O–H groups in total. The average molecular weight is 363 g/mol. The van der Waals surface area contributed by atoms with E-state index in [9.17, 15) is 9.59 Å². The summed E-state index contributed by atoms with van der Waals surface area (Å²) in [4.78, 5) is 26.0. The molecule has 1 aliphatic heterocycles. The first kappa shape index (κ1) is 16.8. The number of carbonyl (C=O) groups excluding carboxylic acids is 2. The number of carbonyl (C=O) groups is 2. The van der Waals surface area contributed by atoms with Crippen LogP contribution in [0.15, 0.2) is 36.4 Å². The number of benzene rings is 2. The van der Waals surface area contributed by atoms with Crippen molar-refractivity contribution in [3.8, 4) is 0 Å². The van der Waals surface area contributed by atoms with Gasteiger partial charge in [-0.1, -0.05) is 47.5 Å². The van der Waals surface area contributed by atoms with Gasteiger partial charge in [-0.2, -0.15) is 0 Å². The van der Waals surface area contributed by atoms with Crippen molar-refractivity contribution in [1.82, 2.24) is 5.32 Å². The van der Waals surface area contributed by atoms with Gasteiger partial charge < -0.3 is 10.2 Å². The number of fused-ring (bicyclic) bond motifs is 1. The molecule has 0 fully saturated rings. The standard InChI is InChI=1S/C18H16Cl2N2O2/c1-10-4-3-5-14-16(21-11(2)23)18(24)22(17(10)14)9-12-6-7-13(19)8-15(12)20/h3-8,16H,9H2,1-2H3,(H,21,23)/t16-/m0/s1. The van der Waals surface area contributed by atoms with Gasteiger partial charge in [0, 0.05) is 22.5 Å². The molecule has 1 heterocycles. The second-order valence-corrected chi connectivity index (χ2v) is 6.65. The van der Waals surface area contributed by atoms with Crippen molar-refractivity contribution in [2.75, 3.05) is 4.90 Å². The van der Waals surface area contributed by atoms with Crippen LogP contribution >= 0.6 is 23.2 Å². The summed E-state index contributed by atoms with van der Waals surface area (Å²) < 4.78 is 0. The molecule has 6 heteroatoms. The molecular formula is C18H16Cl2N2O2. The summed E-state index contributed by atoms with van der Waals surface area (Å²) in [5.74, 6) is -0.410. The van der Waals surface area contributed by atoms with Gasteiger partial charge in [-0.05, 0) is 30.2 Å². The van der Waals surface area contributed by atoms with E-state index in [0.29, 0.717) is 16.6 Å². The average Bonchev–Trinajstić information content (AvgIpc) is 2.76. The molecule has 2 aromatic carbocycles. The zero-order chi connectivity index (χ0) is 17.4. The summed E-state index contributed by atoms with van der Waals surface area (Å²) in [6.07, 6.45) is 0. The van der Waals surface area contributed by atoms with Crippen molar-refractivity contribution >= 4 is 40.7 Å². The van der Waals surface area contributed by atoms with Crippen LogP contribution < -0.4 is 10.2 Å². The molecule has 2 amide bonds. The van der Waals surface area contributed by atoms with Gasteiger partial charge in [-0.15, -0.1) is 0 Å². The SMILES string of the molecule is CC(=O)N[C@@H]1C(=O)N(Cc2ccc(Cl)cc2Cl)c2c(C)cccc21. The van der Waals surface area contributed by atoms with E-state index in [1.807, 2.05) is 31.2 Å². The third kappa shape index (κ3) is 2.99. The molecule has 0 radical (unpaired) electrons. The second kappa shape index (κ2) is 6.46. The third-order valence-corrected chi connectivity index (χ3v) is 4.64. The van der Waals surface area contributed by atoms with Gasteiger partial charge in [0.15, 0.2) is 0 Å². The monoisotopic (exact) mass is 362 g/mol. The lowest BCUT2D eigenvalue weighted by atomic mass is 10.1. The van der Waals surface area contributed by atoms with E-state index >= 15 is 0 Å². The maximum atomic E-state index is 12.9. The second-order valence-electron chi connectivity index (χ2n) is 5.81. The minimum Gasteiger partial charge on any atom is -0.341 e. The predicted octanol–water partition coefficient (Wildman–Crippen LogP) is 4.03. The Hall–Kier alpha value is -2.04. The number of nitrogens with one attached hydrogen (secondary N) is 1. The number of hydrogen-bond acceptors (Lipinski definition) is 2. The van der Waals surface area contributed by atoms with E-state index in [-0.39, 0.29) is 11.8 Å². The van der Waals surface area contributed by atoms with Gasteiger partial charge in [0.25, 0.3) is 5.91 Å².